The maximum atomic E-state index is 14.3. The molecular formula is C33H34ClN3O4S. The molecule has 42 heavy (non-hydrogen) atoms. The first kappa shape index (κ1) is 30.8. The number of hydrogen-bond acceptors (Lipinski definition) is 4. The van der Waals surface area contributed by atoms with Crippen molar-refractivity contribution in [3.8, 4) is 0 Å². The van der Waals surface area contributed by atoms with Gasteiger partial charge in [0.15, 0.2) is 0 Å². The van der Waals surface area contributed by atoms with Crippen LogP contribution in [0.3, 0.4) is 0 Å². The van der Waals surface area contributed by atoms with Crippen LogP contribution >= 0.6 is 11.6 Å². The van der Waals surface area contributed by atoms with Crippen LogP contribution in [-0.4, -0.2) is 44.3 Å². The standard InChI is InChI=1S/C33H34ClN3O4S/c1-3-35-33(39)31(22-26-13-6-4-7-14-26)36(23-27-15-11-16-28(34)21-27)32(38)24-37(29-17-10-12-25(2)20-29)42(40,41)30-18-8-5-9-19-30/h4-21,31H,3,22-24H2,1-2H3,(H,35,39)/t31-/m0/s1. The van der Waals surface area contributed by atoms with Crippen molar-refractivity contribution >= 4 is 39.1 Å². The molecule has 2 amide bonds. The third-order valence-corrected chi connectivity index (χ3v) is 8.79. The molecule has 0 aliphatic carbocycles. The summed E-state index contributed by atoms with van der Waals surface area (Å²) in [6.45, 7) is 3.59. The van der Waals surface area contributed by atoms with Gasteiger partial charge in [0, 0.05) is 24.5 Å². The lowest BCUT2D eigenvalue weighted by atomic mass is 10.0. The minimum absolute atomic E-state index is 0.0566. The van der Waals surface area contributed by atoms with Gasteiger partial charge in [-0.2, -0.15) is 0 Å². The summed E-state index contributed by atoms with van der Waals surface area (Å²) in [7, 11) is -4.13. The first-order valence-electron chi connectivity index (χ1n) is 13.7. The summed E-state index contributed by atoms with van der Waals surface area (Å²) < 4.78 is 29.0. The fourth-order valence-corrected chi connectivity index (χ4v) is 6.35. The molecule has 0 unspecified atom stereocenters. The Bertz CT molecular complexity index is 1610. The quantitative estimate of drug-likeness (QED) is 0.228. The molecule has 0 heterocycles. The molecule has 0 spiro atoms. The number of halogens is 1. The van der Waals surface area contributed by atoms with Gasteiger partial charge < -0.3 is 10.2 Å². The SMILES string of the molecule is CCNC(=O)[C@H](Cc1ccccc1)N(Cc1cccc(Cl)c1)C(=O)CN(c1cccc(C)c1)S(=O)(=O)c1ccccc1. The average Bonchev–Trinajstić information content (AvgIpc) is 2.98. The molecular weight excluding hydrogens is 570 g/mol. The lowest BCUT2D eigenvalue weighted by molar-refractivity contribution is -0.140. The average molecular weight is 604 g/mol. The van der Waals surface area contributed by atoms with E-state index in [1.807, 2.05) is 56.3 Å². The number of rotatable bonds is 12. The third kappa shape index (κ3) is 7.78. The Hall–Kier alpha value is -4.14. The van der Waals surface area contributed by atoms with Crippen molar-refractivity contribution in [2.75, 3.05) is 17.4 Å². The van der Waals surface area contributed by atoms with Gasteiger partial charge in [-0.1, -0.05) is 84.4 Å². The minimum Gasteiger partial charge on any atom is -0.355 e. The highest BCUT2D eigenvalue weighted by Gasteiger charge is 2.34. The van der Waals surface area contributed by atoms with Crippen LogP contribution in [0.5, 0.6) is 0 Å². The Morgan fingerprint density at radius 1 is 0.833 bits per heavy atom. The summed E-state index contributed by atoms with van der Waals surface area (Å²) in [6, 6.07) is 30.6. The molecule has 0 aromatic heterocycles. The molecule has 1 atom stereocenters. The monoisotopic (exact) mass is 603 g/mol. The predicted molar refractivity (Wildman–Crippen MR) is 167 cm³/mol. The molecule has 0 fully saturated rings. The number of sulfonamides is 1. The fourth-order valence-electron chi connectivity index (χ4n) is 4.71. The Morgan fingerprint density at radius 3 is 2.12 bits per heavy atom. The van der Waals surface area contributed by atoms with E-state index in [1.54, 1.807) is 54.6 Å². The molecule has 0 bridgehead atoms. The Morgan fingerprint density at radius 2 is 1.48 bits per heavy atom. The van der Waals surface area contributed by atoms with Crippen molar-refractivity contribution < 1.29 is 18.0 Å². The van der Waals surface area contributed by atoms with Gasteiger partial charge in [-0.05, 0) is 66.9 Å². The number of carbonyl (C=O) groups is 2. The highest BCUT2D eigenvalue weighted by molar-refractivity contribution is 7.92. The van der Waals surface area contributed by atoms with E-state index >= 15 is 0 Å². The number of likely N-dealkylation sites (N-methyl/N-ethyl adjacent to an activating group) is 1. The number of anilines is 1. The van der Waals surface area contributed by atoms with Crippen molar-refractivity contribution in [3.05, 3.63) is 131 Å². The Labute approximate surface area is 252 Å². The molecule has 4 aromatic rings. The molecule has 1 N–H and O–H groups in total. The van der Waals surface area contributed by atoms with E-state index in [9.17, 15) is 18.0 Å². The fraction of sp³-hybridized carbons (Fsp3) is 0.212. The van der Waals surface area contributed by atoms with Gasteiger partial charge in [0.2, 0.25) is 11.8 Å². The summed E-state index contributed by atoms with van der Waals surface area (Å²) >= 11 is 6.27. The van der Waals surface area contributed by atoms with E-state index in [1.165, 1.54) is 17.0 Å². The first-order chi connectivity index (χ1) is 20.2. The van der Waals surface area contributed by atoms with E-state index < -0.39 is 28.5 Å². The molecule has 9 heteroatoms. The van der Waals surface area contributed by atoms with Crippen LogP contribution in [0.1, 0.15) is 23.6 Å². The van der Waals surface area contributed by atoms with Gasteiger partial charge in [-0.25, -0.2) is 8.42 Å². The van der Waals surface area contributed by atoms with Gasteiger partial charge in [0.05, 0.1) is 10.6 Å². The zero-order valence-corrected chi connectivity index (χ0v) is 25.2. The number of amides is 2. The van der Waals surface area contributed by atoms with Crippen LogP contribution in [0.25, 0.3) is 0 Å². The summed E-state index contributed by atoms with van der Waals surface area (Å²) in [5, 5.41) is 3.35. The molecule has 218 valence electrons. The molecule has 4 rings (SSSR count). The normalized spacial score (nSPS) is 11.9. The van der Waals surface area contributed by atoms with E-state index in [4.69, 9.17) is 11.6 Å². The number of aryl methyl sites for hydroxylation is 1. The highest BCUT2D eigenvalue weighted by Crippen LogP contribution is 2.26. The van der Waals surface area contributed by atoms with Crippen molar-refractivity contribution in [1.29, 1.82) is 0 Å². The van der Waals surface area contributed by atoms with E-state index in [2.05, 4.69) is 5.32 Å². The molecule has 7 nitrogen and oxygen atoms in total. The maximum Gasteiger partial charge on any atom is 0.264 e. The van der Waals surface area contributed by atoms with Gasteiger partial charge >= 0.3 is 0 Å². The minimum atomic E-state index is -4.13. The maximum absolute atomic E-state index is 14.3. The molecule has 0 saturated carbocycles. The highest BCUT2D eigenvalue weighted by atomic mass is 35.5. The second kappa shape index (κ2) is 14.2. The molecule has 4 aromatic carbocycles. The molecule has 0 aliphatic rings. The third-order valence-electron chi connectivity index (χ3n) is 6.76. The van der Waals surface area contributed by atoms with E-state index in [0.717, 1.165) is 15.4 Å². The second-order valence-electron chi connectivity index (χ2n) is 9.92. The zero-order chi connectivity index (χ0) is 30.1. The van der Waals surface area contributed by atoms with Gasteiger partial charge in [-0.3, -0.25) is 13.9 Å². The number of hydrogen-bond donors (Lipinski definition) is 1. The Kier molecular flexibility index (Phi) is 10.4. The van der Waals surface area contributed by atoms with Crippen LogP contribution in [0.4, 0.5) is 5.69 Å². The number of benzene rings is 4. The Balaban J connectivity index is 1.79. The van der Waals surface area contributed by atoms with Crippen molar-refractivity contribution in [1.82, 2.24) is 10.2 Å². The van der Waals surface area contributed by atoms with Crippen molar-refractivity contribution in [2.45, 2.75) is 37.8 Å². The van der Waals surface area contributed by atoms with Crippen molar-refractivity contribution in [2.24, 2.45) is 0 Å². The summed E-state index contributed by atoms with van der Waals surface area (Å²) in [6.07, 6.45) is 0.245. The first-order valence-corrected chi connectivity index (χ1v) is 15.5. The van der Waals surface area contributed by atoms with Crippen molar-refractivity contribution in [3.63, 3.8) is 0 Å². The number of carbonyl (C=O) groups excluding carboxylic acids is 2. The van der Waals surface area contributed by atoms with Gasteiger partial charge in [-0.15, -0.1) is 0 Å². The topological polar surface area (TPSA) is 86.8 Å². The lowest BCUT2D eigenvalue weighted by Crippen LogP contribution is -2.53. The summed E-state index contributed by atoms with van der Waals surface area (Å²) in [5.41, 5.74) is 2.78. The molecule has 0 aliphatic heterocycles. The van der Waals surface area contributed by atoms with Crippen LogP contribution in [0.2, 0.25) is 5.02 Å². The zero-order valence-electron chi connectivity index (χ0n) is 23.6. The largest absolute Gasteiger partial charge is 0.355 e. The van der Waals surface area contributed by atoms with Gasteiger partial charge in [0.1, 0.15) is 12.6 Å². The van der Waals surface area contributed by atoms with Gasteiger partial charge in [0.25, 0.3) is 10.0 Å². The lowest BCUT2D eigenvalue weighted by Gasteiger charge is -2.34. The predicted octanol–water partition coefficient (Wildman–Crippen LogP) is 5.62. The van der Waals surface area contributed by atoms with Crippen LogP contribution in [-0.2, 0) is 32.6 Å². The van der Waals surface area contributed by atoms with Crippen LogP contribution in [0, 0.1) is 6.92 Å². The molecule has 0 radical (unpaired) electrons. The second-order valence-corrected chi connectivity index (χ2v) is 12.2. The van der Waals surface area contributed by atoms with Crippen LogP contribution in [0.15, 0.2) is 114 Å². The number of nitrogens with zero attached hydrogens (tertiary/aromatic N) is 2. The number of nitrogens with one attached hydrogen (secondary N) is 1. The molecule has 0 saturated heterocycles. The summed E-state index contributed by atoms with van der Waals surface area (Å²) in [5.74, 6) is -0.854. The summed E-state index contributed by atoms with van der Waals surface area (Å²) in [4.78, 5) is 29.3. The van der Waals surface area contributed by atoms with E-state index in [-0.39, 0.29) is 23.8 Å². The van der Waals surface area contributed by atoms with E-state index in [0.29, 0.717) is 22.8 Å². The smallest absolute Gasteiger partial charge is 0.264 e. The van der Waals surface area contributed by atoms with Crippen LogP contribution < -0.4 is 9.62 Å².